The monoisotopic (exact) mass is 501 g/mol. The molecule has 0 aliphatic rings. The van der Waals surface area contributed by atoms with Crippen LogP contribution in [0.25, 0.3) is 0 Å². The summed E-state index contributed by atoms with van der Waals surface area (Å²) in [4.78, 5) is 28.4. The van der Waals surface area contributed by atoms with E-state index in [-0.39, 0.29) is 19.0 Å². The molecule has 0 fully saturated rings. The zero-order valence-corrected chi connectivity index (χ0v) is 22.6. The Morgan fingerprint density at radius 1 is 0.971 bits per heavy atom. The number of hydrogen-bond acceptors (Lipinski definition) is 4. The molecule has 192 valence electrons. The molecular weight excluding hydrogens is 462 g/mol. The van der Waals surface area contributed by atoms with Crippen molar-refractivity contribution in [3.05, 3.63) is 64.7 Å². The van der Waals surface area contributed by atoms with Gasteiger partial charge in [0, 0.05) is 13.1 Å². The van der Waals surface area contributed by atoms with Crippen LogP contribution in [0.15, 0.2) is 42.5 Å². The fraction of sp³-hybridized carbons (Fsp3) is 0.481. The Kier molecular flexibility index (Phi) is 10.3. The van der Waals surface area contributed by atoms with Crippen molar-refractivity contribution in [2.45, 2.75) is 66.5 Å². The van der Waals surface area contributed by atoms with Crippen molar-refractivity contribution < 1.29 is 18.0 Å². The summed E-state index contributed by atoms with van der Waals surface area (Å²) in [5.74, 6) is -0.641. The van der Waals surface area contributed by atoms with Gasteiger partial charge in [0.1, 0.15) is 12.6 Å². The maximum atomic E-state index is 13.8. The maximum Gasteiger partial charge on any atom is 0.244 e. The summed E-state index contributed by atoms with van der Waals surface area (Å²) in [5.41, 5.74) is 4.11. The topological polar surface area (TPSA) is 86.8 Å². The van der Waals surface area contributed by atoms with Gasteiger partial charge in [-0.05, 0) is 61.9 Å². The summed E-state index contributed by atoms with van der Waals surface area (Å²) in [6.45, 7) is 9.98. The number of carbonyl (C=O) groups is 2. The smallest absolute Gasteiger partial charge is 0.244 e. The summed E-state index contributed by atoms with van der Waals surface area (Å²) in [7, 11) is -3.75. The van der Waals surface area contributed by atoms with Crippen molar-refractivity contribution in [1.82, 2.24) is 10.2 Å². The van der Waals surface area contributed by atoms with Gasteiger partial charge in [0.2, 0.25) is 21.8 Å². The van der Waals surface area contributed by atoms with Crippen molar-refractivity contribution in [3.63, 3.8) is 0 Å². The molecular formula is C27H39N3O4S. The lowest BCUT2D eigenvalue weighted by Gasteiger charge is -2.33. The third-order valence-electron chi connectivity index (χ3n) is 6.34. The number of rotatable bonds is 12. The number of unbranched alkanes of at least 4 members (excludes halogenated alkanes) is 1. The first-order chi connectivity index (χ1) is 16.5. The Hall–Kier alpha value is -2.87. The molecule has 2 rings (SSSR count). The second-order valence-electron chi connectivity index (χ2n) is 9.01. The molecule has 7 nitrogen and oxygen atoms in total. The Labute approximate surface area is 210 Å². The van der Waals surface area contributed by atoms with Crippen LogP contribution in [0.3, 0.4) is 0 Å². The average Bonchev–Trinajstić information content (AvgIpc) is 2.80. The van der Waals surface area contributed by atoms with Crippen molar-refractivity contribution >= 4 is 27.5 Å². The Balaban J connectivity index is 2.46. The van der Waals surface area contributed by atoms with Crippen molar-refractivity contribution in [2.24, 2.45) is 0 Å². The first kappa shape index (κ1) is 28.4. The van der Waals surface area contributed by atoms with Crippen molar-refractivity contribution in [3.8, 4) is 0 Å². The van der Waals surface area contributed by atoms with Gasteiger partial charge < -0.3 is 10.2 Å². The highest BCUT2D eigenvalue weighted by molar-refractivity contribution is 7.92. The molecule has 1 N–H and O–H groups in total. The van der Waals surface area contributed by atoms with Crippen LogP contribution in [0.2, 0.25) is 0 Å². The van der Waals surface area contributed by atoms with E-state index in [1.165, 1.54) is 4.90 Å². The van der Waals surface area contributed by atoms with Gasteiger partial charge in [0.05, 0.1) is 11.9 Å². The maximum absolute atomic E-state index is 13.8. The summed E-state index contributed by atoms with van der Waals surface area (Å²) in [6, 6.07) is 12.4. The van der Waals surface area contributed by atoms with Gasteiger partial charge in [-0.3, -0.25) is 13.9 Å². The minimum atomic E-state index is -3.75. The van der Waals surface area contributed by atoms with E-state index in [1.54, 1.807) is 12.1 Å². The molecule has 8 heteroatoms. The molecule has 0 spiro atoms. The lowest BCUT2D eigenvalue weighted by atomic mass is 10.1. The molecule has 0 aliphatic heterocycles. The number of amides is 2. The second kappa shape index (κ2) is 12.7. The van der Waals surface area contributed by atoms with E-state index in [0.29, 0.717) is 18.7 Å². The van der Waals surface area contributed by atoms with Gasteiger partial charge in [-0.15, -0.1) is 0 Å². The van der Waals surface area contributed by atoms with Crippen LogP contribution in [0.1, 0.15) is 55.4 Å². The molecule has 0 aromatic heterocycles. The van der Waals surface area contributed by atoms with E-state index < -0.39 is 22.0 Å². The minimum absolute atomic E-state index is 0.218. The van der Waals surface area contributed by atoms with Crippen LogP contribution >= 0.6 is 0 Å². The van der Waals surface area contributed by atoms with Gasteiger partial charge in [-0.1, -0.05) is 56.7 Å². The van der Waals surface area contributed by atoms with E-state index in [2.05, 4.69) is 5.32 Å². The van der Waals surface area contributed by atoms with Crippen LogP contribution in [0.5, 0.6) is 0 Å². The third kappa shape index (κ3) is 7.56. The molecule has 2 amide bonds. The average molecular weight is 502 g/mol. The summed E-state index contributed by atoms with van der Waals surface area (Å²) < 4.78 is 26.7. The summed E-state index contributed by atoms with van der Waals surface area (Å²) in [6.07, 6.45) is 3.31. The SMILES string of the molecule is CCCCNC(=O)C(CC)N(Cc1ccccc1C)C(=O)CN(c1cccc(C)c1C)S(C)(=O)=O. The summed E-state index contributed by atoms with van der Waals surface area (Å²) in [5, 5.41) is 2.94. The lowest BCUT2D eigenvalue weighted by molar-refractivity contribution is -0.140. The van der Waals surface area contributed by atoms with Crippen LogP contribution in [-0.4, -0.2) is 50.5 Å². The molecule has 2 aromatic rings. The predicted molar refractivity (Wildman–Crippen MR) is 142 cm³/mol. The van der Waals surface area contributed by atoms with Gasteiger partial charge in [0.25, 0.3) is 0 Å². The standard InChI is InChI=1S/C27H39N3O4S/c1-7-9-17-28-27(32)24(8-2)29(18-23-15-11-10-13-21(23)4)26(31)19-30(35(6,33)34)25-16-12-14-20(3)22(25)5/h10-16,24H,7-9,17-19H2,1-6H3,(H,28,32). The van der Waals surface area contributed by atoms with E-state index in [1.807, 2.05) is 65.0 Å². The molecule has 0 saturated carbocycles. The number of benzene rings is 2. The molecule has 0 saturated heterocycles. The number of sulfonamides is 1. The highest BCUT2D eigenvalue weighted by Crippen LogP contribution is 2.26. The Morgan fingerprint density at radius 2 is 1.63 bits per heavy atom. The van der Waals surface area contributed by atoms with Crippen molar-refractivity contribution in [2.75, 3.05) is 23.7 Å². The molecule has 35 heavy (non-hydrogen) atoms. The van der Waals surface area contributed by atoms with Gasteiger partial charge in [-0.25, -0.2) is 8.42 Å². The largest absolute Gasteiger partial charge is 0.354 e. The highest BCUT2D eigenvalue weighted by Gasteiger charge is 2.32. The third-order valence-corrected chi connectivity index (χ3v) is 7.47. The van der Waals surface area contributed by atoms with Crippen molar-refractivity contribution in [1.29, 1.82) is 0 Å². The summed E-state index contributed by atoms with van der Waals surface area (Å²) >= 11 is 0. The second-order valence-corrected chi connectivity index (χ2v) is 10.9. The van der Waals surface area contributed by atoms with Gasteiger partial charge in [0.15, 0.2) is 0 Å². The highest BCUT2D eigenvalue weighted by atomic mass is 32.2. The number of hydrogen-bond donors (Lipinski definition) is 1. The number of aryl methyl sites for hydroxylation is 2. The van der Waals surface area contributed by atoms with Crippen LogP contribution < -0.4 is 9.62 Å². The molecule has 1 atom stereocenters. The molecule has 0 radical (unpaired) electrons. The predicted octanol–water partition coefficient (Wildman–Crippen LogP) is 4.10. The van der Waals surface area contributed by atoms with E-state index in [0.717, 1.165) is 45.7 Å². The number of anilines is 1. The molecule has 0 heterocycles. The van der Waals surface area contributed by atoms with E-state index >= 15 is 0 Å². The van der Waals surface area contributed by atoms with Gasteiger partial charge in [-0.2, -0.15) is 0 Å². The van der Waals surface area contributed by atoms with Crippen LogP contribution in [0.4, 0.5) is 5.69 Å². The molecule has 2 aromatic carbocycles. The zero-order valence-electron chi connectivity index (χ0n) is 21.8. The molecule has 1 unspecified atom stereocenters. The fourth-order valence-electron chi connectivity index (χ4n) is 4.00. The zero-order chi connectivity index (χ0) is 26.2. The number of nitrogens with one attached hydrogen (secondary N) is 1. The fourth-order valence-corrected chi connectivity index (χ4v) is 4.90. The molecule has 0 bridgehead atoms. The van der Waals surface area contributed by atoms with Crippen LogP contribution in [0, 0.1) is 20.8 Å². The number of carbonyl (C=O) groups excluding carboxylic acids is 2. The minimum Gasteiger partial charge on any atom is -0.354 e. The van der Waals surface area contributed by atoms with Crippen LogP contribution in [-0.2, 0) is 26.2 Å². The van der Waals surface area contributed by atoms with E-state index in [4.69, 9.17) is 0 Å². The first-order valence-corrected chi connectivity index (χ1v) is 14.0. The van der Waals surface area contributed by atoms with E-state index in [9.17, 15) is 18.0 Å². The van der Waals surface area contributed by atoms with Gasteiger partial charge >= 0.3 is 0 Å². The first-order valence-electron chi connectivity index (χ1n) is 12.2. The molecule has 0 aliphatic carbocycles. The lowest BCUT2D eigenvalue weighted by Crippen LogP contribution is -2.52. The number of nitrogens with zero attached hydrogens (tertiary/aromatic N) is 2. The quantitative estimate of drug-likeness (QED) is 0.444. The normalized spacial score (nSPS) is 12.2. The Bertz CT molecular complexity index is 1130. The Morgan fingerprint density at radius 3 is 2.23 bits per heavy atom.